The largest absolute Gasteiger partial charge is 0.502 e. The summed E-state index contributed by atoms with van der Waals surface area (Å²) in [5.74, 6) is 0. The summed E-state index contributed by atoms with van der Waals surface area (Å²) in [7, 11) is 0. The van der Waals surface area contributed by atoms with Gasteiger partial charge in [-0.2, -0.15) is 0 Å². The van der Waals surface area contributed by atoms with E-state index in [1.807, 2.05) is 13.0 Å². The smallest absolute Gasteiger partial charge is 0.0876 e. The van der Waals surface area contributed by atoms with Crippen LogP contribution < -0.4 is 0 Å². The molecule has 106 valence electrons. The fourth-order valence-electron chi connectivity index (χ4n) is 0.917. The molecule has 18 heavy (non-hydrogen) atoms. The lowest BCUT2D eigenvalue weighted by Crippen LogP contribution is -1.90. The zero-order valence-electron chi connectivity index (χ0n) is 11.9. The molecule has 0 bridgehead atoms. The van der Waals surface area contributed by atoms with Gasteiger partial charge in [0.05, 0.1) is 38.6 Å². The third-order valence-electron chi connectivity index (χ3n) is 1.84. The molecule has 1 rings (SSSR count). The summed E-state index contributed by atoms with van der Waals surface area (Å²) in [6.07, 6.45) is 11.4. The molecular weight excluding hydrogens is 228 g/mol. The lowest BCUT2D eigenvalue weighted by atomic mass is 10.3. The molecule has 0 saturated carbocycles. The van der Waals surface area contributed by atoms with Crippen molar-refractivity contribution in [3.8, 4) is 0 Å². The second-order valence-electron chi connectivity index (χ2n) is 3.40. The molecule has 0 amide bonds. The zero-order chi connectivity index (χ0) is 13.9. The quantitative estimate of drug-likeness (QED) is 0.520. The van der Waals surface area contributed by atoms with Crippen LogP contribution in [0.2, 0.25) is 0 Å². The molecule has 1 heterocycles. The van der Waals surface area contributed by atoms with E-state index in [0.717, 1.165) is 26.2 Å². The van der Waals surface area contributed by atoms with Gasteiger partial charge in [-0.3, -0.25) is 0 Å². The fourth-order valence-corrected chi connectivity index (χ4v) is 0.917. The number of allylic oxidation sites excluding steroid dienone is 1. The molecule has 0 aliphatic carbocycles. The van der Waals surface area contributed by atoms with Gasteiger partial charge in [0.2, 0.25) is 0 Å². The Balaban J connectivity index is 0. The van der Waals surface area contributed by atoms with E-state index in [-0.39, 0.29) is 0 Å². The number of hydrogen-bond donors (Lipinski definition) is 0. The van der Waals surface area contributed by atoms with Gasteiger partial charge in [0, 0.05) is 0 Å². The van der Waals surface area contributed by atoms with Crippen molar-refractivity contribution in [3.63, 3.8) is 0 Å². The van der Waals surface area contributed by atoms with Crippen molar-refractivity contribution >= 4 is 0 Å². The Morgan fingerprint density at radius 1 is 1.22 bits per heavy atom. The monoisotopic (exact) mass is 256 g/mol. The Morgan fingerprint density at radius 3 is 2.17 bits per heavy atom. The van der Waals surface area contributed by atoms with E-state index in [4.69, 9.17) is 9.47 Å². The third kappa shape index (κ3) is 24.0. The maximum Gasteiger partial charge on any atom is 0.0876 e. The Morgan fingerprint density at radius 2 is 1.94 bits per heavy atom. The Bertz CT molecular complexity index is 180. The van der Waals surface area contributed by atoms with Gasteiger partial charge in [-0.15, -0.1) is 0 Å². The maximum atomic E-state index is 4.89. The highest BCUT2D eigenvalue weighted by molar-refractivity contribution is 4.76. The van der Waals surface area contributed by atoms with Gasteiger partial charge in [0.15, 0.2) is 0 Å². The van der Waals surface area contributed by atoms with Gasteiger partial charge in [0.25, 0.3) is 0 Å². The van der Waals surface area contributed by atoms with Crippen molar-refractivity contribution in [1.82, 2.24) is 0 Å². The number of rotatable bonds is 6. The molecule has 0 radical (unpaired) electrons. The molecule has 0 aromatic carbocycles. The molecule has 0 saturated heterocycles. The van der Waals surface area contributed by atoms with Gasteiger partial charge < -0.3 is 14.2 Å². The first-order chi connectivity index (χ1) is 8.83. The van der Waals surface area contributed by atoms with E-state index >= 15 is 0 Å². The molecule has 0 atom stereocenters. The molecular formula is C15H28O3. The van der Waals surface area contributed by atoms with E-state index in [1.54, 1.807) is 6.26 Å². The van der Waals surface area contributed by atoms with Crippen LogP contribution in [0.4, 0.5) is 0 Å². The second-order valence-corrected chi connectivity index (χ2v) is 3.40. The third-order valence-corrected chi connectivity index (χ3v) is 1.84. The van der Waals surface area contributed by atoms with Crippen LogP contribution in [0.3, 0.4) is 0 Å². The number of unbranched alkanes of at least 4 members (excludes halogenated alkanes) is 1. The minimum absolute atomic E-state index is 0.726. The summed E-state index contributed by atoms with van der Waals surface area (Å²) in [5.41, 5.74) is 0. The molecule has 3 heteroatoms. The lowest BCUT2D eigenvalue weighted by Gasteiger charge is -2.01. The van der Waals surface area contributed by atoms with Crippen molar-refractivity contribution in [2.45, 2.75) is 39.5 Å². The summed E-state index contributed by atoms with van der Waals surface area (Å²) in [5, 5.41) is 0. The van der Waals surface area contributed by atoms with Crippen LogP contribution in [-0.4, -0.2) is 19.8 Å². The van der Waals surface area contributed by atoms with E-state index in [0.29, 0.717) is 0 Å². The molecule has 0 spiro atoms. The highest BCUT2D eigenvalue weighted by Crippen LogP contribution is 1.97. The minimum Gasteiger partial charge on any atom is -0.502 e. The van der Waals surface area contributed by atoms with Gasteiger partial charge >= 0.3 is 0 Å². The highest BCUT2D eigenvalue weighted by Gasteiger charge is 1.86. The SMILES string of the molecule is C1=COCCC1.C=COCC.C=COCCCC. The summed E-state index contributed by atoms with van der Waals surface area (Å²) < 4.78 is 14.3. The number of ether oxygens (including phenoxy) is 3. The molecule has 0 fully saturated rings. The first kappa shape index (κ1) is 19.0. The summed E-state index contributed by atoms with van der Waals surface area (Å²) in [6, 6.07) is 0. The predicted octanol–water partition coefficient (Wildman–Crippen LogP) is 4.42. The molecule has 0 aromatic rings. The zero-order valence-corrected chi connectivity index (χ0v) is 11.9. The standard InChI is InChI=1S/C6H12O.C5H8O.C4H8O/c1-3-5-6-7-4-2;1-2-4-6-5-3-1;1-3-5-4-2/h4H,2-3,5-6H2,1H3;2,4H,1,3,5H2;3H,1,4H2,2H3. The minimum atomic E-state index is 0.726. The van der Waals surface area contributed by atoms with Crippen LogP contribution in [0, 0.1) is 0 Å². The van der Waals surface area contributed by atoms with Crippen LogP contribution in [0.1, 0.15) is 39.5 Å². The molecule has 0 unspecified atom stereocenters. The van der Waals surface area contributed by atoms with Crippen LogP contribution in [0.15, 0.2) is 38.0 Å². The molecule has 1 aliphatic heterocycles. The fraction of sp³-hybridized carbons (Fsp3) is 0.600. The summed E-state index contributed by atoms with van der Waals surface area (Å²) >= 11 is 0. The van der Waals surface area contributed by atoms with E-state index in [1.165, 1.54) is 31.8 Å². The van der Waals surface area contributed by atoms with Crippen molar-refractivity contribution in [2.75, 3.05) is 19.8 Å². The van der Waals surface area contributed by atoms with E-state index in [2.05, 4.69) is 24.8 Å². The Hall–Kier alpha value is -1.38. The molecule has 3 nitrogen and oxygen atoms in total. The second kappa shape index (κ2) is 21.0. The summed E-state index contributed by atoms with van der Waals surface area (Å²) in [6.45, 7) is 13.2. The van der Waals surface area contributed by atoms with Crippen molar-refractivity contribution in [1.29, 1.82) is 0 Å². The molecule has 0 aromatic heterocycles. The van der Waals surface area contributed by atoms with Gasteiger partial charge in [-0.1, -0.05) is 26.5 Å². The van der Waals surface area contributed by atoms with E-state index in [9.17, 15) is 0 Å². The van der Waals surface area contributed by atoms with Crippen LogP contribution in [-0.2, 0) is 14.2 Å². The highest BCUT2D eigenvalue weighted by atomic mass is 16.5. The van der Waals surface area contributed by atoms with Crippen LogP contribution in [0.5, 0.6) is 0 Å². The first-order valence-corrected chi connectivity index (χ1v) is 6.55. The van der Waals surface area contributed by atoms with Gasteiger partial charge in [-0.25, -0.2) is 0 Å². The van der Waals surface area contributed by atoms with E-state index < -0.39 is 0 Å². The van der Waals surface area contributed by atoms with Crippen molar-refractivity contribution in [3.05, 3.63) is 38.0 Å². The lowest BCUT2D eigenvalue weighted by molar-refractivity contribution is 0.231. The normalized spacial score (nSPS) is 11.7. The first-order valence-electron chi connectivity index (χ1n) is 6.55. The van der Waals surface area contributed by atoms with Crippen LogP contribution >= 0.6 is 0 Å². The topological polar surface area (TPSA) is 27.7 Å². The van der Waals surface area contributed by atoms with Gasteiger partial charge in [-0.05, 0) is 32.3 Å². The summed E-state index contributed by atoms with van der Waals surface area (Å²) in [4.78, 5) is 0. The molecule has 1 aliphatic rings. The Kier molecular flexibility index (Phi) is 22.1. The van der Waals surface area contributed by atoms with Crippen molar-refractivity contribution < 1.29 is 14.2 Å². The van der Waals surface area contributed by atoms with Gasteiger partial charge in [0.1, 0.15) is 0 Å². The maximum absolute atomic E-state index is 4.89. The average Bonchev–Trinajstić information content (AvgIpc) is 2.44. The predicted molar refractivity (Wildman–Crippen MR) is 77.2 cm³/mol. The Labute approximate surface area is 112 Å². The number of hydrogen-bond acceptors (Lipinski definition) is 3. The van der Waals surface area contributed by atoms with Crippen molar-refractivity contribution in [2.24, 2.45) is 0 Å². The molecule has 0 N–H and O–H groups in total. The van der Waals surface area contributed by atoms with Crippen LogP contribution in [0.25, 0.3) is 0 Å². The average molecular weight is 256 g/mol.